The predicted molar refractivity (Wildman–Crippen MR) is 92.5 cm³/mol. The van der Waals surface area contributed by atoms with Gasteiger partial charge in [-0.05, 0) is 54.6 Å². The first-order valence-corrected chi connectivity index (χ1v) is 7.87. The molecule has 0 aliphatic rings. The number of hydrogen-bond acceptors (Lipinski definition) is 3. The summed E-state index contributed by atoms with van der Waals surface area (Å²) in [5, 5.41) is 4.44. The van der Waals surface area contributed by atoms with E-state index in [-0.39, 0.29) is 17.0 Å². The number of halogens is 4. The molecule has 0 aliphatic carbocycles. The van der Waals surface area contributed by atoms with Gasteiger partial charge in [-0.25, -0.2) is 4.39 Å². The first-order chi connectivity index (χ1) is 13.2. The zero-order chi connectivity index (χ0) is 20.3. The molecule has 0 aliphatic heterocycles. The second kappa shape index (κ2) is 7.55. The minimum Gasteiger partial charge on any atom is -0.459 e. The number of furan rings is 1. The number of benzene rings is 2. The minimum absolute atomic E-state index is 0.00952. The van der Waals surface area contributed by atoms with Crippen molar-refractivity contribution in [3.63, 3.8) is 0 Å². The van der Waals surface area contributed by atoms with E-state index in [4.69, 9.17) is 4.42 Å². The Labute approximate surface area is 156 Å². The molecule has 0 spiro atoms. The van der Waals surface area contributed by atoms with Crippen LogP contribution in [-0.4, -0.2) is 11.8 Å². The summed E-state index contributed by atoms with van der Waals surface area (Å²) < 4.78 is 58.0. The maximum absolute atomic E-state index is 13.4. The van der Waals surface area contributed by atoms with E-state index in [1.807, 2.05) is 0 Å². The number of hydrogen-bond donors (Lipinski definition) is 2. The summed E-state index contributed by atoms with van der Waals surface area (Å²) >= 11 is 0. The average Bonchev–Trinajstić information content (AvgIpc) is 3.17. The van der Waals surface area contributed by atoms with Crippen molar-refractivity contribution in [2.24, 2.45) is 0 Å². The Balaban J connectivity index is 1.85. The van der Waals surface area contributed by atoms with Gasteiger partial charge in [0.1, 0.15) is 5.82 Å². The molecule has 5 nitrogen and oxygen atoms in total. The zero-order valence-corrected chi connectivity index (χ0v) is 14.0. The molecule has 0 fully saturated rings. The van der Waals surface area contributed by atoms with Crippen LogP contribution >= 0.6 is 0 Å². The van der Waals surface area contributed by atoms with Gasteiger partial charge >= 0.3 is 6.18 Å². The van der Waals surface area contributed by atoms with E-state index in [2.05, 4.69) is 10.6 Å². The summed E-state index contributed by atoms with van der Waals surface area (Å²) in [6.07, 6.45) is -3.54. The Bertz CT molecular complexity index is 997. The molecule has 9 heteroatoms. The molecule has 1 aromatic heterocycles. The quantitative estimate of drug-likeness (QED) is 0.618. The molecular formula is C19H12F4N2O3. The maximum Gasteiger partial charge on any atom is 0.418 e. The van der Waals surface area contributed by atoms with Crippen molar-refractivity contribution in [1.82, 2.24) is 0 Å². The lowest BCUT2D eigenvalue weighted by Gasteiger charge is -2.15. The normalized spacial score (nSPS) is 11.1. The molecule has 2 N–H and O–H groups in total. The maximum atomic E-state index is 13.4. The van der Waals surface area contributed by atoms with Crippen molar-refractivity contribution < 1.29 is 31.6 Å². The Kier molecular flexibility index (Phi) is 5.16. The zero-order valence-electron chi connectivity index (χ0n) is 14.0. The minimum atomic E-state index is -4.79. The van der Waals surface area contributed by atoms with Crippen molar-refractivity contribution in [2.75, 3.05) is 10.6 Å². The van der Waals surface area contributed by atoms with Gasteiger partial charge in [0.25, 0.3) is 11.8 Å². The molecule has 3 aromatic rings. The molecule has 0 atom stereocenters. The summed E-state index contributed by atoms with van der Waals surface area (Å²) in [6.45, 7) is 0. The van der Waals surface area contributed by atoms with Crippen LogP contribution in [0.4, 0.5) is 28.9 Å². The predicted octanol–water partition coefficient (Wildman–Crippen LogP) is 4.94. The molecule has 0 saturated carbocycles. The molecule has 0 radical (unpaired) electrons. The van der Waals surface area contributed by atoms with Crippen molar-refractivity contribution in [2.45, 2.75) is 6.18 Å². The van der Waals surface area contributed by atoms with Gasteiger partial charge in [-0.15, -0.1) is 0 Å². The number of anilines is 2. The smallest absolute Gasteiger partial charge is 0.418 e. The van der Waals surface area contributed by atoms with Crippen LogP contribution in [0.15, 0.2) is 65.3 Å². The van der Waals surface area contributed by atoms with E-state index in [1.54, 1.807) is 0 Å². The number of carbonyl (C=O) groups is 2. The number of alkyl halides is 3. The lowest BCUT2D eigenvalue weighted by Crippen LogP contribution is -2.18. The molecule has 0 bridgehead atoms. The van der Waals surface area contributed by atoms with Crippen LogP contribution in [0.2, 0.25) is 0 Å². The van der Waals surface area contributed by atoms with Crippen LogP contribution in [0.5, 0.6) is 0 Å². The molecular weight excluding hydrogens is 380 g/mol. The topological polar surface area (TPSA) is 71.3 Å². The average molecular weight is 392 g/mol. The number of nitrogens with one attached hydrogen (secondary N) is 2. The van der Waals surface area contributed by atoms with E-state index >= 15 is 0 Å². The number of rotatable bonds is 4. The van der Waals surface area contributed by atoms with Crippen LogP contribution in [0.3, 0.4) is 0 Å². The number of amides is 2. The first kappa shape index (κ1) is 19.2. The van der Waals surface area contributed by atoms with Gasteiger partial charge in [-0.2, -0.15) is 13.2 Å². The van der Waals surface area contributed by atoms with Gasteiger partial charge in [-0.1, -0.05) is 0 Å². The summed E-state index contributed by atoms with van der Waals surface area (Å²) in [6, 6.07) is 10.1. The van der Waals surface area contributed by atoms with Crippen molar-refractivity contribution >= 4 is 23.2 Å². The van der Waals surface area contributed by atoms with E-state index in [9.17, 15) is 27.2 Å². The highest BCUT2D eigenvalue weighted by atomic mass is 19.4. The fraction of sp³-hybridized carbons (Fsp3) is 0.0526. The van der Waals surface area contributed by atoms with Gasteiger partial charge in [0, 0.05) is 11.3 Å². The fourth-order valence-electron chi connectivity index (χ4n) is 2.36. The third-order valence-corrected chi connectivity index (χ3v) is 3.68. The van der Waals surface area contributed by atoms with E-state index in [0.29, 0.717) is 6.07 Å². The van der Waals surface area contributed by atoms with Crippen LogP contribution in [0.1, 0.15) is 26.5 Å². The Morgan fingerprint density at radius 3 is 2.21 bits per heavy atom. The molecule has 2 amide bonds. The molecule has 0 saturated heterocycles. The monoisotopic (exact) mass is 392 g/mol. The highest BCUT2D eigenvalue weighted by Gasteiger charge is 2.34. The highest BCUT2D eigenvalue weighted by Crippen LogP contribution is 2.37. The molecule has 1 heterocycles. The van der Waals surface area contributed by atoms with Crippen molar-refractivity contribution in [3.05, 3.63) is 83.6 Å². The van der Waals surface area contributed by atoms with Crippen LogP contribution in [-0.2, 0) is 6.18 Å². The standard InChI is InChI=1S/C19H12F4N2O3/c20-12-5-3-11(4-6-12)17(26)25-15-8-7-13(10-14(15)19(21,22)23)24-18(27)16-2-1-9-28-16/h1-10H,(H,24,27)(H,25,26). The van der Waals surface area contributed by atoms with Crippen LogP contribution < -0.4 is 10.6 Å². The lowest BCUT2D eigenvalue weighted by atomic mass is 10.1. The van der Waals surface area contributed by atoms with Gasteiger partial charge in [0.15, 0.2) is 5.76 Å². The van der Waals surface area contributed by atoms with E-state index in [0.717, 1.165) is 30.3 Å². The second-order valence-corrected chi connectivity index (χ2v) is 5.65. The molecule has 3 rings (SSSR count). The molecule has 28 heavy (non-hydrogen) atoms. The van der Waals surface area contributed by atoms with Crippen molar-refractivity contribution in [3.8, 4) is 0 Å². The summed E-state index contributed by atoms with van der Waals surface area (Å²) in [7, 11) is 0. The van der Waals surface area contributed by atoms with Gasteiger partial charge in [0.2, 0.25) is 0 Å². The third-order valence-electron chi connectivity index (χ3n) is 3.68. The van der Waals surface area contributed by atoms with Gasteiger partial charge in [0.05, 0.1) is 17.5 Å². The Morgan fingerprint density at radius 2 is 1.61 bits per heavy atom. The molecule has 2 aromatic carbocycles. The van der Waals surface area contributed by atoms with Gasteiger partial charge in [-0.3, -0.25) is 9.59 Å². The third kappa shape index (κ3) is 4.37. The van der Waals surface area contributed by atoms with Gasteiger partial charge < -0.3 is 15.1 Å². The highest BCUT2D eigenvalue weighted by molar-refractivity contribution is 6.05. The fourth-order valence-corrected chi connectivity index (χ4v) is 2.36. The molecule has 144 valence electrons. The first-order valence-electron chi connectivity index (χ1n) is 7.87. The van der Waals surface area contributed by atoms with Crippen LogP contribution in [0.25, 0.3) is 0 Å². The summed E-state index contributed by atoms with van der Waals surface area (Å²) in [5.41, 5.74) is -1.80. The number of carbonyl (C=O) groups excluding carboxylic acids is 2. The van der Waals surface area contributed by atoms with E-state index < -0.39 is 35.1 Å². The van der Waals surface area contributed by atoms with E-state index in [1.165, 1.54) is 24.5 Å². The SMILES string of the molecule is O=C(Nc1ccc(NC(=O)c2ccco2)cc1C(F)(F)F)c1ccc(F)cc1. The lowest BCUT2D eigenvalue weighted by molar-refractivity contribution is -0.136. The second-order valence-electron chi connectivity index (χ2n) is 5.65. The summed E-state index contributed by atoms with van der Waals surface area (Å²) in [4.78, 5) is 24.1. The summed E-state index contributed by atoms with van der Waals surface area (Å²) in [5.74, 6) is -2.20. The molecule has 0 unspecified atom stereocenters. The Morgan fingerprint density at radius 1 is 0.893 bits per heavy atom. The largest absolute Gasteiger partial charge is 0.459 e. The Hall–Kier alpha value is -3.62. The van der Waals surface area contributed by atoms with Crippen molar-refractivity contribution in [1.29, 1.82) is 0 Å². The van der Waals surface area contributed by atoms with Crippen LogP contribution in [0, 0.1) is 5.82 Å².